The first-order valence-electron chi connectivity index (χ1n) is 28.7. The third kappa shape index (κ3) is 56.6. The smallest absolute Gasteiger partial charge is 0.306 e. The highest BCUT2D eigenvalue weighted by Crippen LogP contribution is 2.14. The fourth-order valence-corrected chi connectivity index (χ4v) is 7.64. The van der Waals surface area contributed by atoms with Gasteiger partial charge in [0.15, 0.2) is 6.10 Å². The number of rotatable bonds is 51. The Labute approximate surface area is 432 Å². The van der Waals surface area contributed by atoms with E-state index in [0.29, 0.717) is 12.8 Å². The molecule has 1 unspecified atom stereocenters. The SMILES string of the molecule is CC/C=C\C/C=C\C/C=C\C/C=C\C/C=C\C/C=C\C/C=C\C/C=C\CCCCCCCCCCCCC(=O)OC(CO)COC(=O)CCCCCCCC/C=C\C/C=C\C/C=C\CCCCCCC. The first-order chi connectivity index (χ1) is 34.6. The van der Waals surface area contributed by atoms with Crippen LogP contribution in [0.3, 0.4) is 0 Å². The average molecular weight is 968 g/mol. The Morgan fingerprint density at radius 1 is 0.343 bits per heavy atom. The van der Waals surface area contributed by atoms with Crippen LogP contribution in [0.2, 0.25) is 0 Å². The van der Waals surface area contributed by atoms with E-state index in [9.17, 15) is 14.7 Å². The predicted octanol–water partition coefficient (Wildman–Crippen LogP) is 19.6. The number of allylic oxidation sites excluding steroid dienone is 22. The zero-order chi connectivity index (χ0) is 50.6. The lowest BCUT2D eigenvalue weighted by Gasteiger charge is -2.15. The number of aliphatic hydroxyl groups excluding tert-OH is 1. The first-order valence-corrected chi connectivity index (χ1v) is 28.7. The molecular formula is C65H106O5. The maximum absolute atomic E-state index is 12.3. The van der Waals surface area contributed by atoms with Gasteiger partial charge in [-0.1, -0.05) is 250 Å². The van der Waals surface area contributed by atoms with Crippen LogP contribution in [-0.2, 0) is 19.1 Å². The monoisotopic (exact) mass is 967 g/mol. The molecule has 0 rings (SSSR count). The van der Waals surface area contributed by atoms with Gasteiger partial charge >= 0.3 is 11.9 Å². The molecule has 5 heteroatoms. The molecule has 0 saturated heterocycles. The van der Waals surface area contributed by atoms with Crippen LogP contribution in [0.1, 0.15) is 245 Å². The number of carbonyl (C=O) groups is 2. The Kier molecular flexibility index (Phi) is 56.0. The number of hydrogen-bond donors (Lipinski definition) is 1. The Bertz CT molecular complexity index is 1470. The Hall–Kier alpha value is -3.96. The molecule has 0 amide bonds. The van der Waals surface area contributed by atoms with Gasteiger partial charge in [-0.3, -0.25) is 9.59 Å². The topological polar surface area (TPSA) is 72.8 Å². The normalized spacial score (nSPS) is 13.2. The minimum atomic E-state index is -0.790. The molecule has 0 aliphatic heterocycles. The van der Waals surface area contributed by atoms with Crippen molar-refractivity contribution in [3.63, 3.8) is 0 Å². The molecule has 0 spiro atoms. The van der Waals surface area contributed by atoms with Crippen molar-refractivity contribution in [2.75, 3.05) is 13.2 Å². The number of ether oxygens (including phenoxy) is 2. The van der Waals surface area contributed by atoms with Gasteiger partial charge in [-0.05, 0) is 116 Å². The Morgan fingerprint density at radius 3 is 0.929 bits per heavy atom. The maximum Gasteiger partial charge on any atom is 0.306 e. The second-order valence-electron chi connectivity index (χ2n) is 18.6. The lowest BCUT2D eigenvalue weighted by Crippen LogP contribution is -2.28. The number of hydrogen-bond acceptors (Lipinski definition) is 5. The van der Waals surface area contributed by atoms with Gasteiger partial charge in [0.25, 0.3) is 0 Å². The second-order valence-corrected chi connectivity index (χ2v) is 18.6. The number of aliphatic hydroxyl groups is 1. The van der Waals surface area contributed by atoms with Crippen molar-refractivity contribution in [3.05, 3.63) is 134 Å². The largest absolute Gasteiger partial charge is 0.462 e. The number of esters is 2. The first kappa shape index (κ1) is 66.0. The highest BCUT2D eigenvalue weighted by Gasteiger charge is 2.16. The molecule has 0 aromatic rings. The molecule has 0 bridgehead atoms. The minimum Gasteiger partial charge on any atom is -0.462 e. The van der Waals surface area contributed by atoms with E-state index in [1.807, 2.05) is 0 Å². The van der Waals surface area contributed by atoms with Gasteiger partial charge in [0, 0.05) is 12.8 Å². The van der Waals surface area contributed by atoms with E-state index in [0.717, 1.165) is 109 Å². The molecule has 0 saturated carbocycles. The Morgan fingerprint density at radius 2 is 0.614 bits per heavy atom. The van der Waals surface area contributed by atoms with E-state index in [1.165, 1.54) is 109 Å². The van der Waals surface area contributed by atoms with Crippen LogP contribution in [0, 0.1) is 0 Å². The minimum absolute atomic E-state index is 0.0815. The molecule has 0 aliphatic carbocycles. The molecular weight excluding hydrogens is 861 g/mol. The standard InChI is InChI=1S/C65H106O5/c1-3-5-7-9-11-13-15-17-19-21-23-25-26-27-28-29-30-31-32-33-34-35-36-37-38-40-42-44-46-48-50-52-54-56-58-60-65(68)70-63(61-66)62-69-64(67)59-57-55-53-51-49-47-45-43-41-39-24-22-20-18-16-14-12-10-8-6-4-2/h5,7,11,13,16-19,22-25,27-28,30-31,33-34,36-37,41,43,63,66H,3-4,6,8-10,12,14-15,20-21,26,29,32,35,38-40,42,44-62H2,1-2H3/b7-5-,13-11-,18-16-,19-17-,24-22-,25-23-,28-27-,31-30-,34-33-,37-36-,43-41-. The van der Waals surface area contributed by atoms with Crippen LogP contribution < -0.4 is 0 Å². The summed E-state index contributed by atoms with van der Waals surface area (Å²) in [5.41, 5.74) is 0. The molecule has 5 nitrogen and oxygen atoms in total. The lowest BCUT2D eigenvalue weighted by molar-refractivity contribution is -0.161. The summed E-state index contributed by atoms with van der Waals surface area (Å²) in [7, 11) is 0. The summed E-state index contributed by atoms with van der Waals surface area (Å²) >= 11 is 0. The third-order valence-corrected chi connectivity index (χ3v) is 11.9. The van der Waals surface area contributed by atoms with E-state index >= 15 is 0 Å². The molecule has 1 atom stereocenters. The quantitative estimate of drug-likeness (QED) is 0.0374. The summed E-state index contributed by atoms with van der Waals surface area (Å²) in [6.07, 6.45) is 88.4. The zero-order valence-corrected chi connectivity index (χ0v) is 45.2. The Balaban J connectivity index is 3.59. The molecule has 0 aromatic heterocycles. The van der Waals surface area contributed by atoms with Gasteiger partial charge < -0.3 is 14.6 Å². The van der Waals surface area contributed by atoms with Gasteiger partial charge in [0.1, 0.15) is 6.61 Å². The van der Waals surface area contributed by atoms with Crippen LogP contribution in [0.15, 0.2) is 134 Å². The molecule has 0 fully saturated rings. The van der Waals surface area contributed by atoms with Gasteiger partial charge in [0.2, 0.25) is 0 Å². The lowest BCUT2D eigenvalue weighted by atomic mass is 10.0. The van der Waals surface area contributed by atoms with Gasteiger partial charge in [-0.25, -0.2) is 0 Å². The molecule has 0 radical (unpaired) electrons. The fraction of sp³-hybridized carbons (Fsp3) is 0.631. The van der Waals surface area contributed by atoms with E-state index in [4.69, 9.17) is 9.47 Å². The van der Waals surface area contributed by atoms with Crippen molar-refractivity contribution < 1.29 is 24.2 Å². The molecule has 70 heavy (non-hydrogen) atoms. The second kappa shape index (κ2) is 59.3. The van der Waals surface area contributed by atoms with Crippen molar-refractivity contribution >= 4 is 11.9 Å². The van der Waals surface area contributed by atoms with Crippen LogP contribution in [0.5, 0.6) is 0 Å². The van der Waals surface area contributed by atoms with E-state index in [2.05, 4.69) is 148 Å². The summed E-state index contributed by atoms with van der Waals surface area (Å²) < 4.78 is 10.7. The van der Waals surface area contributed by atoms with Crippen LogP contribution in [0.25, 0.3) is 0 Å². The molecule has 0 aromatic carbocycles. The molecule has 0 heterocycles. The van der Waals surface area contributed by atoms with Crippen LogP contribution >= 0.6 is 0 Å². The highest BCUT2D eigenvalue weighted by atomic mass is 16.6. The van der Waals surface area contributed by atoms with Crippen molar-refractivity contribution in [2.45, 2.75) is 251 Å². The van der Waals surface area contributed by atoms with E-state index in [-0.39, 0.29) is 25.2 Å². The molecule has 1 N–H and O–H groups in total. The van der Waals surface area contributed by atoms with Crippen molar-refractivity contribution in [1.29, 1.82) is 0 Å². The van der Waals surface area contributed by atoms with Crippen LogP contribution in [-0.4, -0.2) is 36.4 Å². The van der Waals surface area contributed by atoms with Crippen molar-refractivity contribution in [3.8, 4) is 0 Å². The maximum atomic E-state index is 12.3. The van der Waals surface area contributed by atoms with E-state index in [1.54, 1.807) is 0 Å². The fourth-order valence-electron chi connectivity index (χ4n) is 7.64. The summed E-state index contributed by atoms with van der Waals surface area (Å²) in [5.74, 6) is -0.615. The predicted molar refractivity (Wildman–Crippen MR) is 306 cm³/mol. The number of unbranched alkanes of at least 4 members (excludes halogenated alkanes) is 21. The highest BCUT2D eigenvalue weighted by molar-refractivity contribution is 5.70. The van der Waals surface area contributed by atoms with Gasteiger partial charge in [0.05, 0.1) is 6.61 Å². The van der Waals surface area contributed by atoms with Crippen molar-refractivity contribution in [1.82, 2.24) is 0 Å². The van der Waals surface area contributed by atoms with Gasteiger partial charge in [-0.2, -0.15) is 0 Å². The molecule has 396 valence electrons. The molecule has 0 aliphatic rings. The number of carbonyl (C=O) groups excluding carboxylic acids is 2. The average Bonchev–Trinajstić information content (AvgIpc) is 3.36. The summed E-state index contributed by atoms with van der Waals surface area (Å²) in [6, 6.07) is 0. The third-order valence-electron chi connectivity index (χ3n) is 11.9. The van der Waals surface area contributed by atoms with Crippen LogP contribution in [0.4, 0.5) is 0 Å². The van der Waals surface area contributed by atoms with Gasteiger partial charge in [-0.15, -0.1) is 0 Å². The zero-order valence-electron chi connectivity index (χ0n) is 45.2. The van der Waals surface area contributed by atoms with E-state index < -0.39 is 6.10 Å². The summed E-state index contributed by atoms with van der Waals surface area (Å²) in [4.78, 5) is 24.5. The summed E-state index contributed by atoms with van der Waals surface area (Å²) in [6.45, 7) is 4.00. The summed E-state index contributed by atoms with van der Waals surface area (Å²) in [5, 5.41) is 9.65. The van der Waals surface area contributed by atoms with Crippen molar-refractivity contribution in [2.24, 2.45) is 0 Å².